The molecule has 2 N–H and O–H groups in total. The number of carbonyl (C=O) groups is 3. The van der Waals surface area contributed by atoms with E-state index in [9.17, 15) is 14.4 Å². The van der Waals surface area contributed by atoms with Gasteiger partial charge in [0.2, 0.25) is 0 Å². The Morgan fingerprint density at radius 3 is 2.18 bits per heavy atom. The van der Waals surface area contributed by atoms with Gasteiger partial charge in [0, 0.05) is 11.3 Å². The molecule has 0 saturated carbocycles. The highest BCUT2D eigenvalue weighted by Crippen LogP contribution is 2.19. The minimum Gasteiger partial charge on any atom is -0.459 e. The Bertz CT molecular complexity index is 1250. The quantitative estimate of drug-likeness (QED) is 0.388. The molecule has 4 aromatic rings. The number of amides is 2. The van der Waals surface area contributed by atoms with E-state index in [0.29, 0.717) is 16.9 Å². The van der Waals surface area contributed by atoms with E-state index in [-0.39, 0.29) is 23.8 Å². The van der Waals surface area contributed by atoms with Crippen LogP contribution in [0.25, 0.3) is 0 Å². The number of furan rings is 1. The number of esters is 1. The van der Waals surface area contributed by atoms with Crippen molar-refractivity contribution in [2.75, 3.05) is 10.6 Å². The SMILES string of the molecule is O=C(Nc1ccccc1)c1ccc(COC(=O)c2ccccc2NC(=O)c2ccco2)cc1. The minimum atomic E-state index is -0.587. The van der Waals surface area contributed by atoms with Gasteiger partial charge in [-0.05, 0) is 54.1 Å². The second-order valence-electron chi connectivity index (χ2n) is 7.07. The van der Waals surface area contributed by atoms with Crippen LogP contribution >= 0.6 is 0 Å². The molecule has 2 amide bonds. The molecule has 0 unspecified atom stereocenters. The summed E-state index contributed by atoms with van der Waals surface area (Å²) >= 11 is 0. The van der Waals surface area contributed by atoms with Crippen LogP contribution in [0.2, 0.25) is 0 Å². The highest BCUT2D eigenvalue weighted by atomic mass is 16.5. The maximum absolute atomic E-state index is 12.6. The first-order valence-corrected chi connectivity index (χ1v) is 10.2. The van der Waals surface area contributed by atoms with Crippen LogP contribution in [0.4, 0.5) is 11.4 Å². The van der Waals surface area contributed by atoms with Gasteiger partial charge in [-0.1, -0.05) is 42.5 Å². The number of rotatable bonds is 7. The summed E-state index contributed by atoms with van der Waals surface area (Å²) in [5.74, 6) is -1.15. The third-order valence-electron chi connectivity index (χ3n) is 4.76. The standard InChI is InChI=1S/C26H20N2O5/c29-24(27-20-7-2-1-3-8-20)19-14-12-18(13-15-19)17-33-26(31)21-9-4-5-10-22(21)28-25(30)23-11-6-16-32-23/h1-16H,17H2,(H,27,29)(H,28,30). The summed E-state index contributed by atoms with van der Waals surface area (Å²) in [5.41, 5.74) is 2.45. The number of nitrogens with one attached hydrogen (secondary N) is 2. The molecular formula is C26H20N2O5. The average molecular weight is 440 g/mol. The molecule has 0 atom stereocenters. The summed E-state index contributed by atoms with van der Waals surface area (Å²) in [6.45, 7) is 0.0138. The van der Waals surface area contributed by atoms with Crippen LogP contribution < -0.4 is 10.6 Å². The third kappa shape index (κ3) is 5.54. The summed E-state index contributed by atoms with van der Waals surface area (Å²) in [4.78, 5) is 37.2. The highest BCUT2D eigenvalue weighted by Gasteiger charge is 2.16. The van der Waals surface area contributed by atoms with Crippen LogP contribution in [-0.4, -0.2) is 17.8 Å². The second-order valence-corrected chi connectivity index (χ2v) is 7.07. The fraction of sp³-hybridized carbons (Fsp3) is 0.0385. The van der Waals surface area contributed by atoms with Crippen LogP contribution in [-0.2, 0) is 11.3 Å². The molecule has 1 aromatic heterocycles. The fourth-order valence-corrected chi connectivity index (χ4v) is 3.07. The smallest absolute Gasteiger partial charge is 0.340 e. The normalized spacial score (nSPS) is 10.3. The van der Waals surface area contributed by atoms with Crippen LogP contribution in [0, 0.1) is 0 Å². The molecule has 0 spiro atoms. The van der Waals surface area contributed by atoms with E-state index < -0.39 is 11.9 Å². The number of hydrogen-bond donors (Lipinski definition) is 2. The Morgan fingerprint density at radius 2 is 1.45 bits per heavy atom. The molecule has 164 valence electrons. The molecule has 3 aromatic carbocycles. The van der Waals surface area contributed by atoms with E-state index >= 15 is 0 Å². The predicted octanol–water partition coefficient (Wildman–Crippen LogP) is 5.14. The van der Waals surface area contributed by atoms with Gasteiger partial charge < -0.3 is 19.8 Å². The van der Waals surface area contributed by atoms with Gasteiger partial charge in [-0.25, -0.2) is 4.79 Å². The Labute approximate surface area is 190 Å². The molecule has 0 saturated heterocycles. The van der Waals surface area contributed by atoms with Crippen molar-refractivity contribution in [3.05, 3.63) is 120 Å². The maximum Gasteiger partial charge on any atom is 0.340 e. The minimum absolute atomic E-state index is 0.0138. The largest absolute Gasteiger partial charge is 0.459 e. The summed E-state index contributed by atoms with van der Waals surface area (Å²) in [5, 5.41) is 5.47. The summed E-state index contributed by atoms with van der Waals surface area (Å²) in [7, 11) is 0. The predicted molar refractivity (Wildman–Crippen MR) is 123 cm³/mol. The van der Waals surface area contributed by atoms with Crippen molar-refractivity contribution in [3.8, 4) is 0 Å². The van der Waals surface area contributed by atoms with Crippen molar-refractivity contribution in [2.45, 2.75) is 6.61 Å². The van der Waals surface area contributed by atoms with Crippen LogP contribution in [0.5, 0.6) is 0 Å². The van der Waals surface area contributed by atoms with Crippen LogP contribution in [0.3, 0.4) is 0 Å². The van der Waals surface area contributed by atoms with Gasteiger partial charge in [0.15, 0.2) is 5.76 Å². The van der Waals surface area contributed by atoms with Crippen LogP contribution in [0.15, 0.2) is 102 Å². The number of para-hydroxylation sites is 2. The molecular weight excluding hydrogens is 420 g/mol. The molecule has 0 aliphatic carbocycles. The molecule has 7 heteroatoms. The molecule has 0 radical (unpaired) electrons. The van der Waals surface area contributed by atoms with Gasteiger partial charge in [-0.15, -0.1) is 0 Å². The first kappa shape index (κ1) is 21.6. The lowest BCUT2D eigenvalue weighted by Crippen LogP contribution is -2.15. The topological polar surface area (TPSA) is 97.6 Å². The van der Waals surface area contributed by atoms with Crippen molar-refractivity contribution in [3.63, 3.8) is 0 Å². The number of carbonyl (C=O) groups excluding carboxylic acids is 3. The zero-order valence-corrected chi connectivity index (χ0v) is 17.5. The van der Waals surface area contributed by atoms with Crippen molar-refractivity contribution >= 4 is 29.2 Å². The molecule has 1 heterocycles. The molecule has 0 aliphatic rings. The number of benzene rings is 3. The maximum atomic E-state index is 12.6. The molecule has 7 nitrogen and oxygen atoms in total. The van der Waals surface area contributed by atoms with Crippen LogP contribution in [0.1, 0.15) is 36.8 Å². The second kappa shape index (κ2) is 10.1. The van der Waals surface area contributed by atoms with Crippen molar-refractivity contribution in [1.29, 1.82) is 0 Å². The molecule has 0 aliphatic heterocycles. The lowest BCUT2D eigenvalue weighted by molar-refractivity contribution is 0.0473. The Kier molecular flexibility index (Phi) is 6.61. The third-order valence-corrected chi connectivity index (χ3v) is 4.76. The number of anilines is 2. The zero-order valence-electron chi connectivity index (χ0n) is 17.5. The molecule has 0 bridgehead atoms. The molecule has 4 rings (SSSR count). The Hall–Kier alpha value is -4.65. The first-order chi connectivity index (χ1) is 16.1. The summed E-state index contributed by atoms with van der Waals surface area (Å²) in [6, 6.07) is 25.6. The Morgan fingerprint density at radius 1 is 0.727 bits per heavy atom. The summed E-state index contributed by atoms with van der Waals surface area (Å²) < 4.78 is 10.5. The number of ether oxygens (including phenoxy) is 1. The molecule has 0 fully saturated rings. The van der Waals surface area contributed by atoms with Gasteiger partial charge in [0.05, 0.1) is 17.5 Å². The lowest BCUT2D eigenvalue weighted by Gasteiger charge is -2.11. The van der Waals surface area contributed by atoms with Crippen molar-refractivity contribution in [2.24, 2.45) is 0 Å². The van der Waals surface area contributed by atoms with Crippen molar-refractivity contribution in [1.82, 2.24) is 0 Å². The van der Waals surface area contributed by atoms with Gasteiger partial charge in [-0.2, -0.15) is 0 Å². The molecule has 33 heavy (non-hydrogen) atoms. The lowest BCUT2D eigenvalue weighted by atomic mass is 10.1. The van der Waals surface area contributed by atoms with E-state index in [0.717, 1.165) is 5.56 Å². The monoisotopic (exact) mass is 440 g/mol. The van der Waals surface area contributed by atoms with E-state index in [2.05, 4.69) is 10.6 Å². The fourth-order valence-electron chi connectivity index (χ4n) is 3.07. The van der Waals surface area contributed by atoms with E-state index in [1.807, 2.05) is 18.2 Å². The van der Waals surface area contributed by atoms with E-state index in [1.54, 1.807) is 66.7 Å². The highest BCUT2D eigenvalue weighted by molar-refractivity contribution is 6.06. The van der Waals surface area contributed by atoms with E-state index in [4.69, 9.17) is 9.15 Å². The van der Waals surface area contributed by atoms with Gasteiger partial charge in [-0.3, -0.25) is 9.59 Å². The average Bonchev–Trinajstić information content (AvgIpc) is 3.39. The number of hydrogen-bond acceptors (Lipinski definition) is 5. The first-order valence-electron chi connectivity index (χ1n) is 10.2. The van der Waals surface area contributed by atoms with E-state index in [1.165, 1.54) is 12.3 Å². The van der Waals surface area contributed by atoms with Gasteiger partial charge >= 0.3 is 5.97 Å². The van der Waals surface area contributed by atoms with Gasteiger partial charge in [0.1, 0.15) is 6.61 Å². The summed E-state index contributed by atoms with van der Waals surface area (Å²) in [6.07, 6.45) is 1.39. The zero-order chi connectivity index (χ0) is 23.0. The van der Waals surface area contributed by atoms with Crippen molar-refractivity contribution < 1.29 is 23.5 Å². The van der Waals surface area contributed by atoms with Gasteiger partial charge in [0.25, 0.3) is 11.8 Å². The Balaban J connectivity index is 1.36.